The lowest BCUT2D eigenvalue weighted by molar-refractivity contribution is 1.03. The normalized spacial score (nSPS) is 11.2. The smallest absolute Gasteiger partial charge is 0.0904 e. The Hall–Kier alpha value is -10.2. The van der Waals surface area contributed by atoms with Crippen LogP contribution in [0.1, 0.15) is 111 Å². The van der Waals surface area contributed by atoms with Crippen LogP contribution in [0, 0.1) is 69.2 Å². The van der Waals surface area contributed by atoms with E-state index in [1.54, 1.807) is 0 Å². The van der Waals surface area contributed by atoms with Crippen molar-refractivity contribution in [3.63, 3.8) is 0 Å². The lowest BCUT2D eigenvalue weighted by atomic mass is 10.1. The van der Waals surface area contributed by atoms with Gasteiger partial charge in [0.2, 0.25) is 0 Å². The number of nitrogens with two attached hydrogens (primary N) is 10. The maximum Gasteiger partial charge on any atom is 0.0904 e. The van der Waals surface area contributed by atoms with E-state index >= 15 is 0 Å². The monoisotopic (exact) mass is 1340 g/mol. The zero-order valence-electron chi connectivity index (χ0n) is 59.6. The SMILES string of the molecule is Cc1cc(CN)cc(N=Nc2cc(C)cc(CN)c2)c1.Cc1cc(CN)ccc1N=Nc1ccc(CN)cc1C.Cc1ccc(CN)c(N=Nc2cc(C)ccc2CN)c1.Cc1ccc(CN)cc1N=Nc1cc(CN)ccc1C.Cc1ccc(N=Nc2ccc(C)c(CN)c2)cc1CN. The van der Waals surface area contributed by atoms with E-state index in [-0.39, 0.29) is 0 Å². The van der Waals surface area contributed by atoms with Gasteiger partial charge in [-0.3, -0.25) is 0 Å². The minimum absolute atomic E-state index is 0.451. The van der Waals surface area contributed by atoms with Crippen molar-refractivity contribution in [2.45, 2.75) is 135 Å². The average Bonchev–Trinajstić information content (AvgIpc) is 0.894. The second kappa shape index (κ2) is 40.6. The molecule has 0 amide bonds. The van der Waals surface area contributed by atoms with E-state index in [0.29, 0.717) is 65.4 Å². The summed E-state index contributed by atoms with van der Waals surface area (Å²) in [5, 5.41) is 43.1. The van der Waals surface area contributed by atoms with Gasteiger partial charge in [0.1, 0.15) is 0 Å². The highest BCUT2D eigenvalue weighted by molar-refractivity contribution is 5.55. The number of azo groups is 5. The Morgan fingerprint density at radius 2 is 0.490 bits per heavy atom. The molecule has 0 heterocycles. The van der Waals surface area contributed by atoms with Crippen LogP contribution < -0.4 is 57.3 Å². The van der Waals surface area contributed by atoms with E-state index in [9.17, 15) is 0 Å². The van der Waals surface area contributed by atoms with Crippen LogP contribution in [0.4, 0.5) is 56.9 Å². The Labute approximate surface area is 590 Å². The summed E-state index contributed by atoms with van der Waals surface area (Å²) in [4.78, 5) is 0. The molecule has 20 nitrogen and oxygen atoms in total. The van der Waals surface area contributed by atoms with Gasteiger partial charge in [-0.15, -0.1) is 0 Å². The standard InChI is InChI=1S/5C16H20N4/c1-11-3-13(9-17)7-15(5-11)19-20-16-6-12(2)4-14(8-16)10-18;1-11-7-13(9-17)3-5-15(11)19-20-16-6-4-14(10-18)8-12(16)2;1-11-3-5-15(7-13(11)9-17)19-20-16-6-4-12(2)14(8-16)10-18;1-11-3-5-13(9-17)7-15(11)19-20-16-8-14(10-18)6-4-12(16)2;1-11-3-5-13(9-17)15(7-11)19-20-16-8-12(2)4-6-14(16)10-18/h5*3-8H,9-10,17-18H2,1-2H3. The van der Waals surface area contributed by atoms with Gasteiger partial charge in [-0.25, -0.2) is 0 Å². The van der Waals surface area contributed by atoms with Gasteiger partial charge in [-0.05, 0) is 265 Å². The lowest BCUT2D eigenvalue weighted by Gasteiger charge is -2.05. The highest BCUT2D eigenvalue weighted by Gasteiger charge is 2.08. The molecular weight excluding hydrogens is 1240 g/mol. The van der Waals surface area contributed by atoms with E-state index in [1.165, 1.54) is 11.1 Å². The first kappa shape index (κ1) is 78.8. The van der Waals surface area contributed by atoms with Crippen LogP contribution in [0.3, 0.4) is 0 Å². The predicted molar refractivity (Wildman–Crippen MR) is 412 cm³/mol. The summed E-state index contributed by atoms with van der Waals surface area (Å²) >= 11 is 0. The molecule has 20 heteroatoms. The summed E-state index contributed by atoms with van der Waals surface area (Å²) in [6, 6.07) is 59.8. The van der Waals surface area contributed by atoms with Crippen LogP contribution in [0.25, 0.3) is 0 Å². The molecule has 0 radical (unpaired) electrons. The maximum atomic E-state index is 5.73. The van der Waals surface area contributed by atoms with Crippen molar-refractivity contribution in [3.05, 3.63) is 293 Å². The number of aryl methyl sites for hydroxylation is 10. The van der Waals surface area contributed by atoms with Crippen molar-refractivity contribution >= 4 is 56.9 Å². The molecule has 0 aliphatic heterocycles. The Morgan fingerprint density at radius 1 is 0.180 bits per heavy atom. The van der Waals surface area contributed by atoms with Gasteiger partial charge in [0.05, 0.1) is 56.9 Å². The van der Waals surface area contributed by atoms with Gasteiger partial charge >= 0.3 is 0 Å². The summed E-state index contributed by atoms with van der Waals surface area (Å²) in [6.45, 7) is 25.2. The van der Waals surface area contributed by atoms with Crippen molar-refractivity contribution in [1.29, 1.82) is 0 Å². The number of hydrogen-bond donors (Lipinski definition) is 10. The van der Waals surface area contributed by atoms with Gasteiger partial charge in [0.25, 0.3) is 0 Å². The van der Waals surface area contributed by atoms with Crippen LogP contribution in [0.2, 0.25) is 0 Å². The second-order valence-electron chi connectivity index (χ2n) is 24.4. The molecule has 0 bridgehead atoms. The van der Waals surface area contributed by atoms with E-state index in [4.69, 9.17) is 57.3 Å². The highest BCUT2D eigenvalue weighted by Crippen LogP contribution is 2.31. The third-order valence-corrected chi connectivity index (χ3v) is 16.1. The minimum atomic E-state index is 0.451. The topological polar surface area (TPSA) is 384 Å². The quantitative estimate of drug-likeness (QED) is 0.0321. The average molecular weight is 1340 g/mol. The summed E-state index contributed by atoms with van der Waals surface area (Å²) < 4.78 is 0. The predicted octanol–water partition coefficient (Wildman–Crippen LogP) is 18.2. The van der Waals surface area contributed by atoms with Gasteiger partial charge in [0.15, 0.2) is 0 Å². The van der Waals surface area contributed by atoms with Gasteiger partial charge in [0, 0.05) is 65.4 Å². The van der Waals surface area contributed by atoms with Crippen LogP contribution >= 0.6 is 0 Å². The number of benzene rings is 10. The molecule has 0 aliphatic rings. The molecule has 0 aliphatic carbocycles. The molecule has 10 aromatic carbocycles. The molecule has 100 heavy (non-hydrogen) atoms. The Balaban J connectivity index is 0.000000197. The van der Waals surface area contributed by atoms with Crippen LogP contribution in [0.15, 0.2) is 233 Å². The summed E-state index contributed by atoms with van der Waals surface area (Å²) in [5.74, 6) is 0. The first-order chi connectivity index (χ1) is 48.1. The van der Waals surface area contributed by atoms with Gasteiger partial charge in [-0.2, -0.15) is 51.1 Å². The minimum Gasteiger partial charge on any atom is -0.326 e. The largest absolute Gasteiger partial charge is 0.326 e. The summed E-state index contributed by atoms with van der Waals surface area (Å²) in [7, 11) is 0. The zero-order valence-corrected chi connectivity index (χ0v) is 59.6. The Bertz CT molecular complexity index is 4200. The Morgan fingerprint density at radius 3 is 0.830 bits per heavy atom. The van der Waals surface area contributed by atoms with Crippen molar-refractivity contribution in [1.82, 2.24) is 0 Å². The second-order valence-corrected chi connectivity index (χ2v) is 24.4. The van der Waals surface area contributed by atoms with Gasteiger partial charge < -0.3 is 57.3 Å². The fourth-order valence-corrected chi connectivity index (χ4v) is 10.0. The molecule has 10 aromatic rings. The zero-order chi connectivity index (χ0) is 72.7. The molecule has 0 saturated heterocycles. The fourth-order valence-electron chi connectivity index (χ4n) is 10.0. The molecule has 0 spiro atoms. The molecule has 0 aromatic heterocycles. The summed E-state index contributed by atoms with van der Waals surface area (Å²) in [6.07, 6.45) is 0. The van der Waals surface area contributed by atoms with Gasteiger partial charge in [-0.1, -0.05) is 97.1 Å². The van der Waals surface area contributed by atoms with Crippen molar-refractivity contribution in [2.75, 3.05) is 0 Å². The Kier molecular flexibility index (Phi) is 32.0. The third-order valence-electron chi connectivity index (χ3n) is 16.1. The lowest BCUT2D eigenvalue weighted by Crippen LogP contribution is -1.98. The van der Waals surface area contributed by atoms with E-state index in [0.717, 1.165) is 157 Å². The molecule has 20 N–H and O–H groups in total. The van der Waals surface area contributed by atoms with Crippen molar-refractivity contribution in [2.24, 2.45) is 108 Å². The van der Waals surface area contributed by atoms with Crippen LogP contribution in [-0.4, -0.2) is 0 Å². The molecule has 0 fully saturated rings. The molecular formula is C80H100N20. The molecule has 0 unspecified atom stereocenters. The van der Waals surface area contributed by atoms with Crippen LogP contribution in [0.5, 0.6) is 0 Å². The molecule has 0 atom stereocenters. The maximum absolute atomic E-state index is 5.73. The highest BCUT2D eigenvalue weighted by atomic mass is 15.1. The first-order valence-electron chi connectivity index (χ1n) is 33.2. The van der Waals surface area contributed by atoms with E-state index in [2.05, 4.69) is 63.3 Å². The van der Waals surface area contributed by atoms with Crippen molar-refractivity contribution in [3.8, 4) is 0 Å². The number of hydrogen-bond acceptors (Lipinski definition) is 20. The van der Waals surface area contributed by atoms with E-state index < -0.39 is 0 Å². The van der Waals surface area contributed by atoms with E-state index in [1.807, 2.05) is 239 Å². The molecule has 10 rings (SSSR count). The third kappa shape index (κ3) is 25.0. The molecule has 0 saturated carbocycles. The number of nitrogens with zero attached hydrogens (tertiary/aromatic N) is 10. The van der Waals surface area contributed by atoms with Crippen LogP contribution in [-0.2, 0) is 65.4 Å². The molecule has 520 valence electrons. The summed E-state index contributed by atoms with van der Waals surface area (Å²) in [5.41, 5.74) is 86.8. The fraction of sp³-hybridized carbons (Fsp3) is 0.250. The number of rotatable bonds is 20. The van der Waals surface area contributed by atoms with Crippen molar-refractivity contribution < 1.29 is 0 Å². The first-order valence-corrected chi connectivity index (χ1v) is 33.2.